The Bertz CT molecular complexity index is 248. The lowest BCUT2D eigenvalue weighted by Crippen LogP contribution is -2.22. The number of aromatic amines is 1. The lowest BCUT2D eigenvalue weighted by Gasteiger charge is -2.01. The number of H-pyrrole nitrogens is 1. The second-order valence-corrected chi connectivity index (χ2v) is 3.03. The molecule has 13 heavy (non-hydrogen) atoms. The first kappa shape index (κ1) is 10.1. The van der Waals surface area contributed by atoms with Gasteiger partial charge in [0.2, 0.25) is 5.91 Å². The van der Waals surface area contributed by atoms with Crippen LogP contribution in [-0.2, 0) is 11.3 Å². The second kappa shape index (κ2) is 5.59. The molecule has 0 saturated heterocycles. The number of halogens is 1. The Labute approximate surface area is 81.7 Å². The summed E-state index contributed by atoms with van der Waals surface area (Å²) in [6.45, 7) is 0.501. The molecule has 0 aliphatic heterocycles. The van der Waals surface area contributed by atoms with Crippen LogP contribution < -0.4 is 5.32 Å². The maximum Gasteiger partial charge on any atom is 0.220 e. The third kappa shape index (κ3) is 3.94. The summed E-state index contributed by atoms with van der Waals surface area (Å²) >= 11 is 5.45. The fourth-order valence-electron chi connectivity index (χ4n) is 0.893. The average Bonchev–Trinajstić information content (AvgIpc) is 2.64. The largest absolute Gasteiger partial charge is 0.350 e. The first-order valence-electron chi connectivity index (χ1n) is 4.14. The molecule has 0 bridgehead atoms. The van der Waals surface area contributed by atoms with Crippen molar-refractivity contribution in [3.8, 4) is 0 Å². The molecule has 4 nitrogen and oxygen atoms in total. The van der Waals surface area contributed by atoms with E-state index in [1.54, 1.807) is 6.20 Å². The molecule has 0 aliphatic rings. The maximum atomic E-state index is 11.1. The number of nitrogens with zero attached hydrogens (tertiary/aromatic N) is 1. The lowest BCUT2D eigenvalue weighted by molar-refractivity contribution is -0.121. The standard InChI is InChI=1S/C8H12ClN3O/c9-4-1-2-8(13)10-6-7-3-5-11-12-7/h3,5H,1-2,4,6H2,(H,10,13)(H,11,12). The number of hydrogen-bond acceptors (Lipinski definition) is 2. The Hall–Kier alpha value is -1.03. The van der Waals surface area contributed by atoms with Gasteiger partial charge in [-0.3, -0.25) is 9.89 Å². The Balaban J connectivity index is 2.15. The van der Waals surface area contributed by atoms with Crippen molar-refractivity contribution in [2.24, 2.45) is 0 Å². The van der Waals surface area contributed by atoms with E-state index < -0.39 is 0 Å². The van der Waals surface area contributed by atoms with Gasteiger partial charge in [0.25, 0.3) is 0 Å². The minimum absolute atomic E-state index is 0.0234. The van der Waals surface area contributed by atoms with Gasteiger partial charge < -0.3 is 5.32 Å². The van der Waals surface area contributed by atoms with Gasteiger partial charge in [-0.2, -0.15) is 5.10 Å². The number of carbonyl (C=O) groups is 1. The van der Waals surface area contributed by atoms with Crippen molar-refractivity contribution in [1.29, 1.82) is 0 Å². The summed E-state index contributed by atoms with van der Waals surface area (Å²) in [7, 11) is 0. The molecule has 0 saturated carbocycles. The molecule has 2 N–H and O–H groups in total. The molecule has 1 aromatic heterocycles. The van der Waals surface area contributed by atoms with Crippen LogP contribution in [0.15, 0.2) is 12.3 Å². The van der Waals surface area contributed by atoms with Gasteiger partial charge in [-0.15, -0.1) is 11.6 Å². The van der Waals surface area contributed by atoms with Crippen LogP contribution in [0.4, 0.5) is 0 Å². The minimum Gasteiger partial charge on any atom is -0.350 e. The summed E-state index contributed by atoms with van der Waals surface area (Å²) in [5.74, 6) is 0.549. The fourth-order valence-corrected chi connectivity index (χ4v) is 1.03. The number of aromatic nitrogens is 2. The number of amides is 1. The van der Waals surface area contributed by atoms with Crippen LogP contribution in [0, 0.1) is 0 Å². The number of rotatable bonds is 5. The molecule has 0 radical (unpaired) electrons. The summed E-state index contributed by atoms with van der Waals surface area (Å²) in [5, 5.41) is 9.27. The van der Waals surface area contributed by atoms with Crippen molar-refractivity contribution in [3.63, 3.8) is 0 Å². The highest BCUT2D eigenvalue weighted by molar-refractivity contribution is 6.17. The highest BCUT2D eigenvalue weighted by Gasteiger charge is 2.00. The zero-order valence-electron chi connectivity index (χ0n) is 7.22. The summed E-state index contributed by atoms with van der Waals surface area (Å²) in [5.41, 5.74) is 0.902. The quantitative estimate of drug-likeness (QED) is 0.700. The van der Waals surface area contributed by atoms with E-state index >= 15 is 0 Å². The van der Waals surface area contributed by atoms with Gasteiger partial charge in [0, 0.05) is 18.5 Å². The number of nitrogens with one attached hydrogen (secondary N) is 2. The van der Waals surface area contributed by atoms with Crippen molar-refractivity contribution >= 4 is 17.5 Å². The first-order valence-corrected chi connectivity index (χ1v) is 4.67. The summed E-state index contributed by atoms with van der Waals surface area (Å²) in [6.07, 6.45) is 2.86. The lowest BCUT2D eigenvalue weighted by atomic mass is 10.3. The predicted molar refractivity (Wildman–Crippen MR) is 50.4 cm³/mol. The molecular formula is C8H12ClN3O. The molecule has 0 fully saturated rings. The van der Waals surface area contributed by atoms with Crippen LogP contribution in [0.1, 0.15) is 18.5 Å². The Morgan fingerprint density at radius 3 is 3.15 bits per heavy atom. The van der Waals surface area contributed by atoms with Crippen molar-refractivity contribution in [3.05, 3.63) is 18.0 Å². The topological polar surface area (TPSA) is 57.8 Å². The third-order valence-electron chi connectivity index (χ3n) is 1.57. The van der Waals surface area contributed by atoms with E-state index in [0.717, 1.165) is 12.1 Å². The zero-order chi connectivity index (χ0) is 9.52. The Morgan fingerprint density at radius 2 is 2.54 bits per heavy atom. The van der Waals surface area contributed by atoms with Crippen molar-refractivity contribution in [2.45, 2.75) is 19.4 Å². The van der Waals surface area contributed by atoms with Crippen LogP contribution in [0.25, 0.3) is 0 Å². The number of hydrogen-bond donors (Lipinski definition) is 2. The van der Waals surface area contributed by atoms with E-state index in [4.69, 9.17) is 11.6 Å². The molecule has 72 valence electrons. The molecule has 1 heterocycles. The second-order valence-electron chi connectivity index (χ2n) is 2.65. The third-order valence-corrected chi connectivity index (χ3v) is 1.84. The van der Waals surface area contributed by atoms with E-state index in [-0.39, 0.29) is 5.91 Å². The van der Waals surface area contributed by atoms with Gasteiger partial charge in [-0.05, 0) is 12.5 Å². The van der Waals surface area contributed by atoms with E-state index in [0.29, 0.717) is 18.8 Å². The molecule has 0 unspecified atom stereocenters. The van der Waals surface area contributed by atoms with Gasteiger partial charge in [-0.1, -0.05) is 0 Å². The fraction of sp³-hybridized carbons (Fsp3) is 0.500. The monoisotopic (exact) mass is 201 g/mol. The van der Waals surface area contributed by atoms with Crippen LogP contribution in [0.3, 0.4) is 0 Å². The van der Waals surface area contributed by atoms with E-state index in [9.17, 15) is 4.79 Å². The normalized spacial score (nSPS) is 9.92. The van der Waals surface area contributed by atoms with Crippen LogP contribution in [0.5, 0.6) is 0 Å². The molecule has 1 amide bonds. The average molecular weight is 202 g/mol. The van der Waals surface area contributed by atoms with Gasteiger partial charge >= 0.3 is 0 Å². The highest BCUT2D eigenvalue weighted by Crippen LogP contribution is 1.94. The smallest absolute Gasteiger partial charge is 0.220 e. The van der Waals surface area contributed by atoms with Crippen molar-refractivity contribution in [2.75, 3.05) is 5.88 Å². The maximum absolute atomic E-state index is 11.1. The predicted octanol–water partition coefficient (Wildman–Crippen LogP) is 1.04. The summed E-state index contributed by atoms with van der Waals surface area (Å²) < 4.78 is 0. The summed E-state index contributed by atoms with van der Waals surface area (Å²) in [4.78, 5) is 11.1. The van der Waals surface area contributed by atoms with Gasteiger partial charge in [0.15, 0.2) is 0 Å². The van der Waals surface area contributed by atoms with Gasteiger partial charge in [-0.25, -0.2) is 0 Å². The van der Waals surface area contributed by atoms with Crippen LogP contribution >= 0.6 is 11.6 Å². The molecule has 0 spiro atoms. The Morgan fingerprint density at radius 1 is 1.69 bits per heavy atom. The van der Waals surface area contributed by atoms with Crippen molar-refractivity contribution < 1.29 is 4.79 Å². The number of alkyl halides is 1. The molecule has 5 heteroatoms. The molecule has 1 aromatic rings. The highest BCUT2D eigenvalue weighted by atomic mass is 35.5. The molecule has 0 aliphatic carbocycles. The SMILES string of the molecule is O=C(CCCCl)NCc1ccn[nH]1. The molecule has 0 aromatic carbocycles. The molecule has 1 rings (SSSR count). The van der Waals surface area contributed by atoms with E-state index in [1.165, 1.54) is 0 Å². The van der Waals surface area contributed by atoms with Crippen LogP contribution in [0.2, 0.25) is 0 Å². The Kier molecular flexibility index (Phi) is 4.32. The summed E-state index contributed by atoms with van der Waals surface area (Å²) in [6, 6.07) is 1.82. The van der Waals surface area contributed by atoms with Gasteiger partial charge in [0.1, 0.15) is 0 Å². The first-order chi connectivity index (χ1) is 6.33. The van der Waals surface area contributed by atoms with Crippen molar-refractivity contribution in [1.82, 2.24) is 15.5 Å². The van der Waals surface area contributed by atoms with E-state index in [2.05, 4.69) is 15.5 Å². The minimum atomic E-state index is 0.0234. The molecule has 0 atom stereocenters. The number of carbonyl (C=O) groups excluding carboxylic acids is 1. The molecular weight excluding hydrogens is 190 g/mol. The van der Waals surface area contributed by atoms with Crippen LogP contribution in [-0.4, -0.2) is 22.0 Å². The van der Waals surface area contributed by atoms with Gasteiger partial charge in [0.05, 0.1) is 12.2 Å². The van der Waals surface area contributed by atoms with E-state index in [1.807, 2.05) is 6.07 Å². The zero-order valence-corrected chi connectivity index (χ0v) is 7.97.